The van der Waals surface area contributed by atoms with Crippen LogP contribution in [0.2, 0.25) is 0 Å². The summed E-state index contributed by atoms with van der Waals surface area (Å²) in [4.78, 5) is 40.2. The first-order chi connectivity index (χ1) is 14.1. The molecule has 30 heavy (non-hydrogen) atoms. The van der Waals surface area contributed by atoms with Crippen LogP contribution in [0, 0.1) is 0 Å². The third-order valence-corrected chi connectivity index (χ3v) is 4.23. The van der Waals surface area contributed by atoms with Crippen LogP contribution >= 0.6 is 0 Å². The minimum absolute atomic E-state index is 0.174. The van der Waals surface area contributed by atoms with E-state index in [0.717, 1.165) is 0 Å². The van der Waals surface area contributed by atoms with Crippen LogP contribution in [0.1, 0.15) is 42.4 Å². The largest absolute Gasteiger partial charge is 0.481 e. The normalized spacial score (nSPS) is 11.2. The number of carbonyl (C=O) groups is 3. The lowest BCUT2D eigenvalue weighted by molar-refractivity contribution is -0.136. The molecule has 0 aliphatic carbocycles. The SMILES string of the molecule is CC(C)(C)OC(=O)Nc1ccc(C(=O)c2ncc(CC(=O)O)c3ccccc23)cc1. The second-order valence-corrected chi connectivity index (χ2v) is 7.78. The Morgan fingerprint density at radius 3 is 2.23 bits per heavy atom. The highest BCUT2D eigenvalue weighted by atomic mass is 16.6. The Labute approximate surface area is 173 Å². The Balaban J connectivity index is 1.86. The van der Waals surface area contributed by atoms with E-state index in [0.29, 0.717) is 27.6 Å². The number of rotatable bonds is 5. The quantitative estimate of drug-likeness (QED) is 0.607. The summed E-state index contributed by atoms with van der Waals surface area (Å²) in [5.74, 6) is -1.26. The van der Waals surface area contributed by atoms with E-state index in [1.54, 1.807) is 69.3 Å². The molecule has 1 amide bonds. The molecular weight excluding hydrogens is 384 g/mol. The Morgan fingerprint density at radius 2 is 1.63 bits per heavy atom. The Kier molecular flexibility index (Phi) is 5.82. The van der Waals surface area contributed by atoms with Gasteiger partial charge >= 0.3 is 12.1 Å². The van der Waals surface area contributed by atoms with Gasteiger partial charge in [0.2, 0.25) is 5.78 Å². The lowest BCUT2D eigenvalue weighted by Gasteiger charge is -2.19. The number of hydrogen-bond acceptors (Lipinski definition) is 5. The molecule has 2 N–H and O–H groups in total. The number of fused-ring (bicyclic) bond motifs is 1. The summed E-state index contributed by atoms with van der Waals surface area (Å²) in [6.07, 6.45) is 0.679. The van der Waals surface area contributed by atoms with Crippen molar-refractivity contribution in [1.29, 1.82) is 0 Å². The molecule has 0 aliphatic heterocycles. The van der Waals surface area contributed by atoms with Crippen LogP contribution in [-0.4, -0.2) is 33.5 Å². The fraction of sp³-hybridized carbons (Fsp3) is 0.217. The summed E-state index contributed by atoms with van der Waals surface area (Å²) in [6.45, 7) is 5.31. The molecule has 7 heteroatoms. The van der Waals surface area contributed by atoms with Crippen molar-refractivity contribution >= 4 is 34.3 Å². The zero-order chi connectivity index (χ0) is 21.9. The maximum atomic E-state index is 13.0. The molecule has 0 bridgehead atoms. The van der Waals surface area contributed by atoms with Crippen LogP contribution in [0.5, 0.6) is 0 Å². The first-order valence-electron chi connectivity index (χ1n) is 9.37. The highest BCUT2D eigenvalue weighted by molar-refractivity contribution is 6.15. The van der Waals surface area contributed by atoms with E-state index in [9.17, 15) is 14.4 Å². The van der Waals surface area contributed by atoms with Crippen molar-refractivity contribution in [3.63, 3.8) is 0 Å². The lowest BCUT2D eigenvalue weighted by Crippen LogP contribution is -2.27. The van der Waals surface area contributed by atoms with E-state index in [4.69, 9.17) is 9.84 Å². The number of anilines is 1. The first kappa shape index (κ1) is 21.0. The van der Waals surface area contributed by atoms with E-state index >= 15 is 0 Å². The van der Waals surface area contributed by atoms with Gasteiger partial charge in [-0.2, -0.15) is 0 Å². The van der Waals surface area contributed by atoms with Crippen molar-refractivity contribution in [3.05, 3.63) is 71.5 Å². The number of pyridine rings is 1. The van der Waals surface area contributed by atoms with E-state index in [1.807, 2.05) is 0 Å². The van der Waals surface area contributed by atoms with E-state index in [-0.39, 0.29) is 17.9 Å². The number of ether oxygens (including phenoxy) is 1. The number of carboxylic acid groups (broad SMARTS) is 1. The fourth-order valence-electron chi connectivity index (χ4n) is 3.00. The molecule has 0 atom stereocenters. The molecule has 2 aromatic carbocycles. The number of ketones is 1. The van der Waals surface area contributed by atoms with Gasteiger partial charge in [-0.1, -0.05) is 24.3 Å². The molecule has 0 unspecified atom stereocenters. The van der Waals surface area contributed by atoms with Crippen molar-refractivity contribution in [1.82, 2.24) is 4.98 Å². The zero-order valence-corrected chi connectivity index (χ0v) is 16.9. The predicted octanol–water partition coefficient (Wildman–Crippen LogP) is 4.44. The van der Waals surface area contributed by atoms with Crippen LogP contribution in [0.25, 0.3) is 10.8 Å². The van der Waals surface area contributed by atoms with Gasteiger partial charge < -0.3 is 9.84 Å². The Morgan fingerprint density at radius 1 is 1.00 bits per heavy atom. The molecule has 3 aromatic rings. The maximum Gasteiger partial charge on any atom is 0.412 e. The molecule has 0 saturated carbocycles. The van der Waals surface area contributed by atoms with Crippen molar-refractivity contribution in [3.8, 4) is 0 Å². The monoisotopic (exact) mass is 406 g/mol. The van der Waals surface area contributed by atoms with Gasteiger partial charge in [-0.05, 0) is 56.0 Å². The molecular formula is C23H22N2O5. The van der Waals surface area contributed by atoms with Gasteiger partial charge in [0.05, 0.1) is 6.42 Å². The minimum atomic E-state index is -0.964. The number of carboxylic acids is 1. The highest BCUT2D eigenvalue weighted by Crippen LogP contribution is 2.24. The predicted molar refractivity (Wildman–Crippen MR) is 113 cm³/mol. The standard InChI is InChI=1S/C23H22N2O5/c1-23(2,3)30-22(29)25-16-10-8-14(9-11-16)21(28)20-18-7-5-4-6-17(18)15(13-24-20)12-19(26)27/h4-11,13H,12H2,1-3H3,(H,25,29)(H,26,27). The molecule has 0 saturated heterocycles. The first-order valence-corrected chi connectivity index (χ1v) is 9.37. The van der Waals surface area contributed by atoms with Gasteiger partial charge in [0.15, 0.2) is 0 Å². The number of carbonyl (C=O) groups excluding carboxylic acids is 2. The van der Waals surface area contributed by atoms with Crippen molar-refractivity contribution in [2.24, 2.45) is 0 Å². The highest BCUT2D eigenvalue weighted by Gasteiger charge is 2.18. The molecule has 0 aliphatic rings. The molecule has 0 fully saturated rings. The van der Waals surface area contributed by atoms with Crippen molar-refractivity contribution < 1.29 is 24.2 Å². The van der Waals surface area contributed by atoms with E-state index in [1.165, 1.54) is 6.20 Å². The number of aromatic nitrogens is 1. The Hall–Kier alpha value is -3.74. The summed E-state index contributed by atoms with van der Waals surface area (Å²) in [6, 6.07) is 13.5. The number of amides is 1. The average Bonchev–Trinajstić information content (AvgIpc) is 2.66. The third kappa shape index (κ3) is 5.00. The summed E-state index contributed by atoms with van der Waals surface area (Å²) in [5, 5.41) is 13.0. The number of nitrogens with zero attached hydrogens (tertiary/aromatic N) is 1. The van der Waals surface area contributed by atoms with Crippen LogP contribution in [0.15, 0.2) is 54.7 Å². The Bertz CT molecular complexity index is 1110. The molecule has 0 radical (unpaired) electrons. The fourth-order valence-corrected chi connectivity index (χ4v) is 3.00. The summed E-state index contributed by atoms with van der Waals surface area (Å²) < 4.78 is 5.21. The summed E-state index contributed by atoms with van der Waals surface area (Å²) >= 11 is 0. The number of aliphatic carboxylic acids is 1. The molecule has 7 nitrogen and oxygen atoms in total. The van der Waals surface area contributed by atoms with Crippen LogP contribution in [0.3, 0.4) is 0 Å². The summed E-state index contributed by atoms with van der Waals surface area (Å²) in [5.41, 5.74) is 1.07. The smallest absolute Gasteiger partial charge is 0.412 e. The summed E-state index contributed by atoms with van der Waals surface area (Å²) in [7, 11) is 0. The average molecular weight is 406 g/mol. The molecule has 3 rings (SSSR count). The lowest BCUT2D eigenvalue weighted by atomic mass is 9.98. The van der Waals surface area contributed by atoms with Crippen LogP contribution in [-0.2, 0) is 16.0 Å². The molecule has 1 aromatic heterocycles. The molecule has 1 heterocycles. The number of hydrogen-bond donors (Lipinski definition) is 2. The number of nitrogens with one attached hydrogen (secondary N) is 1. The molecule has 0 spiro atoms. The van der Waals surface area contributed by atoms with Gasteiger partial charge in [-0.3, -0.25) is 19.9 Å². The van der Waals surface area contributed by atoms with Gasteiger partial charge in [0, 0.05) is 22.8 Å². The van der Waals surface area contributed by atoms with Crippen molar-refractivity contribution in [2.75, 3.05) is 5.32 Å². The van der Waals surface area contributed by atoms with Gasteiger partial charge in [-0.15, -0.1) is 0 Å². The third-order valence-electron chi connectivity index (χ3n) is 4.23. The van der Waals surface area contributed by atoms with E-state index in [2.05, 4.69) is 10.3 Å². The number of benzene rings is 2. The second kappa shape index (κ2) is 8.32. The van der Waals surface area contributed by atoms with Crippen LogP contribution < -0.4 is 5.32 Å². The zero-order valence-electron chi connectivity index (χ0n) is 16.9. The van der Waals surface area contributed by atoms with Gasteiger partial charge in [-0.25, -0.2) is 4.79 Å². The second-order valence-electron chi connectivity index (χ2n) is 7.78. The van der Waals surface area contributed by atoms with E-state index < -0.39 is 17.7 Å². The minimum Gasteiger partial charge on any atom is -0.481 e. The van der Waals surface area contributed by atoms with Crippen molar-refractivity contribution in [2.45, 2.75) is 32.8 Å². The van der Waals surface area contributed by atoms with Gasteiger partial charge in [0.25, 0.3) is 0 Å². The van der Waals surface area contributed by atoms with Gasteiger partial charge in [0.1, 0.15) is 11.3 Å². The van der Waals surface area contributed by atoms with Crippen LogP contribution in [0.4, 0.5) is 10.5 Å². The topological polar surface area (TPSA) is 106 Å². The molecule has 154 valence electrons. The maximum absolute atomic E-state index is 13.0.